The first-order valence-electron chi connectivity index (χ1n) is 19.9. The molecule has 2 heterocycles. The zero-order valence-corrected chi connectivity index (χ0v) is 32.1. The Morgan fingerprint density at radius 3 is 1.57 bits per heavy atom. The van der Waals surface area contributed by atoms with Crippen LogP contribution in [0.2, 0.25) is 0 Å². The summed E-state index contributed by atoms with van der Waals surface area (Å²) in [6, 6.07) is 71.6. The van der Waals surface area contributed by atoms with Crippen molar-refractivity contribution in [1.82, 2.24) is 0 Å². The highest BCUT2D eigenvalue weighted by Gasteiger charge is 2.21. The van der Waals surface area contributed by atoms with Crippen molar-refractivity contribution in [3.8, 4) is 33.4 Å². The minimum absolute atomic E-state index is 0.932. The molecule has 11 aromatic carbocycles. The number of hydrogen-bond acceptors (Lipinski definition) is 2. The fourth-order valence-electron chi connectivity index (χ4n) is 9.86. The summed E-state index contributed by atoms with van der Waals surface area (Å²) >= 11 is 1.89. The first-order chi connectivity index (χ1) is 28.8. The van der Waals surface area contributed by atoms with Crippen molar-refractivity contribution in [3.63, 3.8) is 0 Å². The minimum atomic E-state index is 0.932. The van der Waals surface area contributed by atoms with Crippen molar-refractivity contribution in [3.05, 3.63) is 194 Å². The van der Waals surface area contributed by atoms with Gasteiger partial charge in [-0.25, -0.2) is 0 Å². The topological polar surface area (TPSA) is 13.1 Å². The molecule has 0 aliphatic carbocycles. The summed E-state index contributed by atoms with van der Waals surface area (Å²) in [6.07, 6.45) is 0. The second-order valence-corrected chi connectivity index (χ2v) is 16.6. The summed E-state index contributed by atoms with van der Waals surface area (Å²) < 4.78 is 9.01. The normalized spacial score (nSPS) is 12.1. The van der Waals surface area contributed by atoms with Gasteiger partial charge >= 0.3 is 0 Å². The Morgan fingerprint density at radius 2 is 0.845 bits per heavy atom. The molecule has 0 bridgehead atoms. The van der Waals surface area contributed by atoms with Crippen molar-refractivity contribution < 1.29 is 4.42 Å². The van der Waals surface area contributed by atoms with Gasteiger partial charge in [-0.3, -0.25) is 0 Å². The number of rotatable bonds is 3. The molecule has 1 nitrogen and oxygen atoms in total. The molecule has 58 heavy (non-hydrogen) atoms. The molecule has 0 amide bonds. The molecular formula is C56H32OS. The van der Waals surface area contributed by atoms with Crippen molar-refractivity contribution in [2.45, 2.75) is 0 Å². The van der Waals surface area contributed by atoms with E-state index in [2.05, 4.69) is 188 Å². The lowest BCUT2D eigenvalue weighted by Gasteiger charge is -2.20. The van der Waals surface area contributed by atoms with Gasteiger partial charge in [0.15, 0.2) is 0 Å². The van der Waals surface area contributed by atoms with Gasteiger partial charge in [0.05, 0.1) is 0 Å². The maximum atomic E-state index is 6.41. The Labute approximate surface area is 337 Å². The van der Waals surface area contributed by atoms with Crippen LogP contribution in [0.4, 0.5) is 0 Å². The summed E-state index contributed by atoms with van der Waals surface area (Å²) in [5, 5.41) is 17.4. The molecule has 2 heteroatoms. The molecule has 13 aromatic rings. The lowest BCUT2D eigenvalue weighted by atomic mass is 9.83. The van der Waals surface area contributed by atoms with E-state index in [1.165, 1.54) is 113 Å². The van der Waals surface area contributed by atoms with Gasteiger partial charge in [-0.05, 0) is 112 Å². The van der Waals surface area contributed by atoms with Crippen LogP contribution in [0.25, 0.3) is 129 Å². The highest BCUT2D eigenvalue weighted by atomic mass is 32.1. The van der Waals surface area contributed by atoms with E-state index in [-0.39, 0.29) is 0 Å². The van der Waals surface area contributed by atoms with Crippen LogP contribution in [0.3, 0.4) is 0 Å². The van der Waals surface area contributed by atoms with Crippen LogP contribution in [0.1, 0.15) is 0 Å². The van der Waals surface area contributed by atoms with Crippen LogP contribution >= 0.6 is 11.3 Å². The first kappa shape index (κ1) is 31.9. The molecule has 0 saturated carbocycles. The molecule has 2 aromatic heterocycles. The van der Waals surface area contributed by atoms with Crippen molar-refractivity contribution in [1.29, 1.82) is 0 Å². The van der Waals surface area contributed by atoms with Gasteiger partial charge in [-0.15, -0.1) is 11.3 Å². The Balaban J connectivity index is 1.08. The van der Waals surface area contributed by atoms with Crippen LogP contribution in [0.15, 0.2) is 199 Å². The van der Waals surface area contributed by atoms with Crippen molar-refractivity contribution >= 4 is 107 Å². The number of hydrogen-bond donors (Lipinski definition) is 0. The fourth-order valence-corrected chi connectivity index (χ4v) is 11.1. The zero-order chi connectivity index (χ0) is 37.9. The predicted molar refractivity (Wildman–Crippen MR) is 250 cm³/mol. The molecule has 0 N–H and O–H groups in total. The number of fused-ring (bicyclic) bond motifs is 12. The Hall–Kier alpha value is -7.26. The van der Waals surface area contributed by atoms with Gasteiger partial charge in [-0.1, -0.05) is 164 Å². The third kappa shape index (κ3) is 4.52. The van der Waals surface area contributed by atoms with E-state index in [0.29, 0.717) is 0 Å². The van der Waals surface area contributed by atoms with E-state index in [0.717, 1.165) is 16.6 Å². The van der Waals surface area contributed by atoms with Gasteiger partial charge < -0.3 is 4.42 Å². The highest BCUT2D eigenvalue weighted by Crippen LogP contribution is 2.49. The monoisotopic (exact) mass is 752 g/mol. The molecule has 268 valence electrons. The molecule has 0 aliphatic rings. The highest BCUT2D eigenvalue weighted by molar-refractivity contribution is 7.26. The van der Waals surface area contributed by atoms with Crippen LogP contribution in [-0.2, 0) is 0 Å². The molecule has 13 rings (SSSR count). The molecule has 0 saturated heterocycles. The molecule has 0 aliphatic heterocycles. The molecule has 0 spiro atoms. The molecule has 0 fully saturated rings. The van der Waals surface area contributed by atoms with Crippen LogP contribution in [0, 0.1) is 0 Å². The van der Waals surface area contributed by atoms with Crippen LogP contribution < -0.4 is 0 Å². The Bertz CT molecular complexity index is 3810. The van der Waals surface area contributed by atoms with E-state index in [1.54, 1.807) is 0 Å². The quantitative estimate of drug-likeness (QED) is 0.164. The standard InChI is InChI=1S/C56H32OS/c1-2-14-34-29-35(26-25-33(34)13-1)54-41-19-6-8-21-43(41)55(44-22-9-7-20-42(44)54)45-28-27-39(36-15-3-4-16-37(36)45)47-30-50-49-31-52-48(40-18-11-12-24-51(40)57-52)32-53(49)58-56(50)46-23-10-5-17-38(46)47/h1-32H. The van der Waals surface area contributed by atoms with E-state index >= 15 is 0 Å². The third-order valence-electron chi connectivity index (χ3n) is 12.4. The molecule has 0 radical (unpaired) electrons. The lowest BCUT2D eigenvalue weighted by molar-refractivity contribution is 0.669. The number of thiophene rings is 1. The number of furan rings is 1. The number of para-hydroxylation sites is 1. The average Bonchev–Trinajstić information content (AvgIpc) is 3.84. The summed E-state index contributed by atoms with van der Waals surface area (Å²) in [5.74, 6) is 0. The zero-order valence-electron chi connectivity index (χ0n) is 31.3. The smallest absolute Gasteiger partial charge is 0.136 e. The van der Waals surface area contributed by atoms with Crippen molar-refractivity contribution in [2.24, 2.45) is 0 Å². The fraction of sp³-hybridized carbons (Fsp3) is 0. The second kappa shape index (κ2) is 12.1. The molecule has 0 unspecified atom stereocenters. The van der Waals surface area contributed by atoms with Gasteiger partial charge in [0.25, 0.3) is 0 Å². The maximum absolute atomic E-state index is 6.41. The van der Waals surface area contributed by atoms with E-state index in [4.69, 9.17) is 4.42 Å². The van der Waals surface area contributed by atoms with E-state index in [9.17, 15) is 0 Å². The Kier molecular flexibility index (Phi) is 6.66. The molecule has 0 atom stereocenters. The number of benzene rings is 11. The SMILES string of the molecule is c1ccc2cc(-c3c4ccccc4c(-c4ccc(-c5cc6c7cc8oc9ccccc9c8cc7sc6c6ccccc56)c5ccccc45)c4ccccc34)ccc2c1. The molecular weight excluding hydrogens is 721 g/mol. The summed E-state index contributed by atoms with van der Waals surface area (Å²) in [4.78, 5) is 0. The van der Waals surface area contributed by atoms with Crippen LogP contribution in [-0.4, -0.2) is 0 Å². The first-order valence-corrected chi connectivity index (χ1v) is 20.7. The van der Waals surface area contributed by atoms with Crippen LogP contribution in [0.5, 0.6) is 0 Å². The van der Waals surface area contributed by atoms with Gasteiger partial charge in [0.1, 0.15) is 11.2 Å². The summed E-state index contributed by atoms with van der Waals surface area (Å²) in [7, 11) is 0. The third-order valence-corrected chi connectivity index (χ3v) is 13.6. The van der Waals surface area contributed by atoms with E-state index < -0.39 is 0 Å². The summed E-state index contributed by atoms with van der Waals surface area (Å²) in [5.41, 5.74) is 9.39. The summed E-state index contributed by atoms with van der Waals surface area (Å²) in [6.45, 7) is 0. The lowest BCUT2D eigenvalue weighted by Crippen LogP contribution is -1.93. The van der Waals surface area contributed by atoms with Crippen molar-refractivity contribution in [2.75, 3.05) is 0 Å². The Morgan fingerprint density at radius 1 is 0.293 bits per heavy atom. The largest absolute Gasteiger partial charge is 0.456 e. The van der Waals surface area contributed by atoms with Gasteiger partial charge in [-0.2, -0.15) is 0 Å². The average molecular weight is 753 g/mol. The van der Waals surface area contributed by atoms with Gasteiger partial charge in [0.2, 0.25) is 0 Å². The van der Waals surface area contributed by atoms with Gasteiger partial charge in [0, 0.05) is 36.3 Å². The minimum Gasteiger partial charge on any atom is -0.456 e. The predicted octanol–water partition coefficient (Wildman–Crippen LogP) is 16.7. The van der Waals surface area contributed by atoms with E-state index in [1.807, 2.05) is 17.4 Å². The second-order valence-electron chi connectivity index (χ2n) is 15.5. The maximum Gasteiger partial charge on any atom is 0.136 e.